The highest BCUT2D eigenvalue weighted by molar-refractivity contribution is 7.99. The molecular formula is C13H20N2S2. The Kier molecular flexibility index (Phi) is 3.46. The summed E-state index contributed by atoms with van der Waals surface area (Å²) in [5.41, 5.74) is 1.59. The quantitative estimate of drug-likeness (QED) is 0.912. The van der Waals surface area contributed by atoms with Crippen LogP contribution in [0.3, 0.4) is 0 Å². The minimum absolute atomic E-state index is 0.187. The highest BCUT2D eigenvalue weighted by Crippen LogP contribution is 2.40. The Morgan fingerprint density at radius 2 is 2.29 bits per heavy atom. The number of hydrogen-bond donors (Lipinski definition) is 1. The van der Waals surface area contributed by atoms with E-state index in [1.807, 2.05) is 11.3 Å². The topological polar surface area (TPSA) is 24.9 Å². The summed E-state index contributed by atoms with van der Waals surface area (Å²) in [4.78, 5) is 6.51. The highest BCUT2D eigenvalue weighted by atomic mass is 32.2. The summed E-state index contributed by atoms with van der Waals surface area (Å²) in [5, 5.41) is 5.10. The van der Waals surface area contributed by atoms with E-state index in [4.69, 9.17) is 4.98 Å². The van der Waals surface area contributed by atoms with E-state index in [0.717, 1.165) is 6.54 Å². The van der Waals surface area contributed by atoms with Gasteiger partial charge in [0.25, 0.3) is 0 Å². The van der Waals surface area contributed by atoms with Crippen LogP contribution in [0.1, 0.15) is 41.8 Å². The fraction of sp³-hybridized carbons (Fsp3) is 0.769. The van der Waals surface area contributed by atoms with Crippen molar-refractivity contribution in [1.82, 2.24) is 10.3 Å². The van der Waals surface area contributed by atoms with Crippen molar-refractivity contribution in [2.75, 3.05) is 18.1 Å². The predicted octanol–water partition coefficient (Wildman–Crippen LogP) is 2.96. The molecule has 0 radical (unpaired) electrons. The third-order valence-electron chi connectivity index (χ3n) is 3.76. The summed E-state index contributed by atoms with van der Waals surface area (Å²) < 4.78 is 0. The number of nitrogens with zero attached hydrogens (tertiary/aromatic N) is 1. The van der Waals surface area contributed by atoms with Gasteiger partial charge in [0.05, 0.1) is 11.2 Å². The molecule has 3 rings (SSSR count). The van der Waals surface area contributed by atoms with Crippen LogP contribution in [0.25, 0.3) is 0 Å². The van der Waals surface area contributed by atoms with Gasteiger partial charge in [-0.1, -0.05) is 6.92 Å². The van der Waals surface area contributed by atoms with Crippen molar-refractivity contribution in [2.24, 2.45) is 0 Å². The molecule has 0 saturated carbocycles. The first kappa shape index (κ1) is 12.0. The molecule has 0 spiro atoms. The van der Waals surface area contributed by atoms with Crippen LogP contribution in [-0.4, -0.2) is 23.0 Å². The zero-order valence-corrected chi connectivity index (χ0v) is 12.1. The normalized spacial score (nSPS) is 28.3. The highest BCUT2D eigenvalue weighted by Gasteiger charge is 2.37. The van der Waals surface area contributed by atoms with Gasteiger partial charge in [-0.05, 0) is 44.4 Å². The minimum Gasteiger partial charge on any atom is -0.305 e. The Balaban J connectivity index is 1.91. The third-order valence-corrected chi connectivity index (χ3v) is 6.40. The number of rotatable bonds is 3. The average molecular weight is 268 g/mol. The Bertz CT molecular complexity index is 367. The van der Waals surface area contributed by atoms with Crippen LogP contribution < -0.4 is 5.32 Å². The molecule has 1 aromatic heterocycles. The molecule has 1 aliphatic heterocycles. The molecule has 1 saturated heterocycles. The molecule has 17 heavy (non-hydrogen) atoms. The SMILES string of the molecule is CCNC1(c2nc3c(s2)CCC3)CCCSC1. The zero-order chi connectivity index (χ0) is 11.7. The standard InChI is InChI=1S/C13H20N2S2/c1-2-14-13(7-4-8-16-9-13)12-15-10-5-3-6-11(10)17-12/h14H,2-9H2,1H3. The van der Waals surface area contributed by atoms with E-state index in [0.29, 0.717) is 0 Å². The number of aryl methyl sites for hydroxylation is 2. The average Bonchev–Trinajstić information content (AvgIpc) is 2.90. The van der Waals surface area contributed by atoms with Gasteiger partial charge in [0.2, 0.25) is 0 Å². The maximum Gasteiger partial charge on any atom is 0.114 e. The van der Waals surface area contributed by atoms with Crippen LogP contribution in [0.5, 0.6) is 0 Å². The van der Waals surface area contributed by atoms with Crippen LogP contribution in [-0.2, 0) is 18.4 Å². The van der Waals surface area contributed by atoms with Crippen LogP contribution in [0, 0.1) is 0 Å². The van der Waals surface area contributed by atoms with Gasteiger partial charge in [-0.25, -0.2) is 4.98 Å². The number of thioether (sulfide) groups is 1. The zero-order valence-electron chi connectivity index (χ0n) is 10.4. The Labute approximate surface area is 112 Å². The second kappa shape index (κ2) is 4.90. The molecule has 1 atom stereocenters. The van der Waals surface area contributed by atoms with Crippen LogP contribution >= 0.6 is 23.1 Å². The number of thiazole rings is 1. The summed E-state index contributed by atoms with van der Waals surface area (Å²) in [5.74, 6) is 2.52. The lowest BCUT2D eigenvalue weighted by Crippen LogP contribution is -2.46. The molecule has 0 aromatic carbocycles. The van der Waals surface area contributed by atoms with Gasteiger partial charge in [0.1, 0.15) is 5.01 Å². The molecule has 4 heteroatoms. The Morgan fingerprint density at radius 3 is 3.00 bits per heavy atom. The fourth-order valence-corrected chi connectivity index (χ4v) is 5.57. The summed E-state index contributed by atoms with van der Waals surface area (Å²) in [6.07, 6.45) is 6.38. The number of nitrogens with one attached hydrogen (secondary N) is 1. The molecule has 1 N–H and O–H groups in total. The first-order valence-electron chi connectivity index (χ1n) is 6.66. The van der Waals surface area contributed by atoms with E-state index in [1.54, 1.807) is 4.88 Å². The van der Waals surface area contributed by atoms with Crippen molar-refractivity contribution in [2.45, 2.75) is 44.6 Å². The van der Waals surface area contributed by atoms with Gasteiger partial charge in [0.15, 0.2) is 0 Å². The van der Waals surface area contributed by atoms with E-state index >= 15 is 0 Å². The van der Waals surface area contributed by atoms with Gasteiger partial charge in [-0.15, -0.1) is 11.3 Å². The Hall–Kier alpha value is -0.0600. The summed E-state index contributed by atoms with van der Waals surface area (Å²) in [6, 6.07) is 0. The molecule has 94 valence electrons. The van der Waals surface area contributed by atoms with E-state index in [9.17, 15) is 0 Å². The van der Waals surface area contributed by atoms with Gasteiger partial charge >= 0.3 is 0 Å². The first-order valence-corrected chi connectivity index (χ1v) is 8.63. The smallest absolute Gasteiger partial charge is 0.114 e. The molecule has 1 fully saturated rings. The maximum absolute atomic E-state index is 4.95. The van der Waals surface area contributed by atoms with Gasteiger partial charge in [0, 0.05) is 10.6 Å². The third kappa shape index (κ3) is 2.15. The second-order valence-corrected chi connectivity index (χ2v) is 7.20. The van der Waals surface area contributed by atoms with Gasteiger partial charge in [-0.3, -0.25) is 0 Å². The van der Waals surface area contributed by atoms with Crippen LogP contribution in [0.2, 0.25) is 0 Å². The van der Waals surface area contributed by atoms with Crippen molar-refractivity contribution < 1.29 is 0 Å². The molecule has 1 aromatic rings. The minimum atomic E-state index is 0.187. The molecule has 0 amide bonds. The van der Waals surface area contributed by atoms with Crippen LogP contribution in [0.4, 0.5) is 0 Å². The van der Waals surface area contributed by atoms with Gasteiger partial charge in [-0.2, -0.15) is 11.8 Å². The summed E-state index contributed by atoms with van der Waals surface area (Å²) >= 11 is 4.06. The van der Waals surface area contributed by atoms with Gasteiger partial charge < -0.3 is 5.32 Å². The van der Waals surface area contributed by atoms with Crippen LogP contribution in [0.15, 0.2) is 0 Å². The van der Waals surface area contributed by atoms with E-state index in [2.05, 4.69) is 24.0 Å². The summed E-state index contributed by atoms with van der Waals surface area (Å²) in [7, 11) is 0. The number of hydrogen-bond acceptors (Lipinski definition) is 4. The lowest BCUT2D eigenvalue weighted by molar-refractivity contribution is 0.344. The maximum atomic E-state index is 4.95. The lowest BCUT2D eigenvalue weighted by atomic mass is 9.96. The van der Waals surface area contributed by atoms with E-state index in [-0.39, 0.29) is 5.54 Å². The molecule has 2 aliphatic rings. The van der Waals surface area contributed by atoms with Crippen molar-refractivity contribution >= 4 is 23.1 Å². The monoisotopic (exact) mass is 268 g/mol. The lowest BCUT2D eigenvalue weighted by Gasteiger charge is -2.36. The second-order valence-electron chi connectivity index (χ2n) is 5.01. The molecule has 1 aliphatic carbocycles. The molecule has 1 unspecified atom stereocenters. The molecular weight excluding hydrogens is 248 g/mol. The molecule has 2 heterocycles. The largest absolute Gasteiger partial charge is 0.305 e. The Morgan fingerprint density at radius 1 is 1.35 bits per heavy atom. The number of fused-ring (bicyclic) bond motifs is 1. The van der Waals surface area contributed by atoms with Crippen molar-refractivity contribution in [1.29, 1.82) is 0 Å². The number of aromatic nitrogens is 1. The molecule has 0 bridgehead atoms. The van der Waals surface area contributed by atoms with Crippen molar-refractivity contribution in [3.05, 3.63) is 15.6 Å². The summed E-state index contributed by atoms with van der Waals surface area (Å²) in [6.45, 7) is 3.26. The fourth-order valence-electron chi connectivity index (χ4n) is 2.91. The molecule has 2 nitrogen and oxygen atoms in total. The first-order chi connectivity index (χ1) is 8.34. The van der Waals surface area contributed by atoms with Crippen molar-refractivity contribution in [3.63, 3.8) is 0 Å². The van der Waals surface area contributed by atoms with Crippen molar-refractivity contribution in [3.8, 4) is 0 Å². The van der Waals surface area contributed by atoms with E-state index < -0.39 is 0 Å². The van der Waals surface area contributed by atoms with E-state index in [1.165, 1.54) is 54.3 Å². The predicted molar refractivity (Wildman–Crippen MR) is 76.1 cm³/mol.